The number of rotatable bonds is 7. The summed E-state index contributed by atoms with van der Waals surface area (Å²) in [7, 11) is -1.94. The van der Waals surface area contributed by atoms with Crippen LogP contribution in [0.4, 0.5) is 0 Å². The number of carbonyl (C=O) groups excluding carboxylic acids is 2. The fourth-order valence-electron chi connectivity index (χ4n) is 3.45. The van der Waals surface area contributed by atoms with Gasteiger partial charge in [0.25, 0.3) is 0 Å². The molecule has 1 aromatic heterocycles. The fourth-order valence-corrected chi connectivity index (χ4v) is 4.08. The molecule has 4 aromatic rings. The Morgan fingerprint density at radius 2 is 1.57 bits per heavy atom. The van der Waals surface area contributed by atoms with Crippen LogP contribution in [-0.4, -0.2) is 43.3 Å². The molecule has 0 spiro atoms. The summed E-state index contributed by atoms with van der Waals surface area (Å²) < 4.78 is 36.0. The van der Waals surface area contributed by atoms with Gasteiger partial charge >= 0.3 is 5.97 Å². The molecule has 3 aromatic carbocycles. The maximum absolute atomic E-state index is 13.0. The number of nitrogens with zero attached hydrogens (tertiary/aromatic N) is 2. The van der Waals surface area contributed by atoms with Crippen molar-refractivity contribution in [2.75, 3.05) is 13.4 Å². The molecule has 0 fully saturated rings. The van der Waals surface area contributed by atoms with Crippen molar-refractivity contribution in [1.82, 2.24) is 9.78 Å². The van der Waals surface area contributed by atoms with E-state index in [1.807, 2.05) is 30.3 Å². The van der Waals surface area contributed by atoms with Crippen LogP contribution >= 0.6 is 0 Å². The van der Waals surface area contributed by atoms with E-state index in [1.54, 1.807) is 28.9 Å². The number of hydrogen-bond acceptors (Lipinski definition) is 7. The summed E-state index contributed by atoms with van der Waals surface area (Å²) in [5.41, 5.74) is 2.44. The van der Waals surface area contributed by atoms with Crippen molar-refractivity contribution in [2.45, 2.75) is 11.8 Å². The third kappa shape index (κ3) is 5.15. The summed E-state index contributed by atoms with van der Waals surface area (Å²) in [4.78, 5) is 24.8. The number of carbonyl (C=O) groups is 2. The Kier molecular flexibility index (Phi) is 6.52. The van der Waals surface area contributed by atoms with E-state index < -0.39 is 15.8 Å². The van der Waals surface area contributed by atoms with Crippen LogP contribution in [-0.2, 0) is 9.84 Å². The molecule has 0 radical (unpaired) electrons. The van der Waals surface area contributed by atoms with E-state index in [2.05, 4.69) is 5.10 Å². The van der Waals surface area contributed by atoms with E-state index in [0.29, 0.717) is 16.9 Å². The van der Waals surface area contributed by atoms with Gasteiger partial charge in [0.05, 0.1) is 23.4 Å². The molecule has 0 aliphatic carbocycles. The van der Waals surface area contributed by atoms with Crippen LogP contribution in [0.2, 0.25) is 0 Å². The van der Waals surface area contributed by atoms with Crippen molar-refractivity contribution < 1.29 is 27.5 Å². The molecule has 0 aliphatic rings. The minimum Gasteiger partial charge on any atom is -0.493 e. The lowest BCUT2D eigenvalue weighted by Gasteiger charge is -2.09. The molecule has 0 atom stereocenters. The highest BCUT2D eigenvalue weighted by Crippen LogP contribution is 2.30. The number of sulfone groups is 1. The van der Waals surface area contributed by atoms with E-state index in [-0.39, 0.29) is 27.9 Å². The van der Waals surface area contributed by atoms with Crippen LogP contribution < -0.4 is 9.47 Å². The van der Waals surface area contributed by atoms with Gasteiger partial charge < -0.3 is 9.47 Å². The summed E-state index contributed by atoms with van der Waals surface area (Å²) >= 11 is 0. The number of Topliss-reactive ketones (excluding diaryl/α,β-unsaturated/α-hetero) is 1. The lowest BCUT2D eigenvalue weighted by molar-refractivity contribution is 0.0723. The highest BCUT2D eigenvalue weighted by molar-refractivity contribution is 7.90. The van der Waals surface area contributed by atoms with Crippen LogP contribution in [0.1, 0.15) is 27.8 Å². The Morgan fingerprint density at radius 1 is 0.886 bits per heavy atom. The molecule has 0 amide bonds. The number of benzene rings is 3. The van der Waals surface area contributed by atoms with Crippen LogP contribution in [0.25, 0.3) is 16.9 Å². The predicted octanol–water partition coefficient (Wildman–Crippen LogP) is 4.37. The van der Waals surface area contributed by atoms with Gasteiger partial charge in [0.1, 0.15) is 0 Å². The van der Waals surface area contributed by atoms with Crippen molar-refractivity contribution in [3.63, 3.8) is 0 Å². The van der Waals surface area contributed by atoms with Crippen LogP contribution in [0.15, 0.2) is 83.8 Å². The quantitative estimate of drug-likeness (QED) is 0.215. The van der Waals surface area contributed by atoms with Gasteiger partial charge in [-0.15, -0.1) is 0 Å². The first-order valence-corrected chi connectivity index (χ1v) is 12.4. The zero-order valence-corrected chi connectivity index (χ0v) is 20.1. The number of esters is 1. The van der Waals surface area contributed by atoms with Gasteiger partial charge in [-0.25, -0.2) is 17.9 Å². The van der Waals surface area contributed by atoms with Gasteiger partial charge in [-0.2, -0.15) is 5.10 Å². The molecule has 0 unspecified atom stereocenters. The van der Waals surface area contributed by atoms with Gasteiger partial charge in [0, 0.05) is 17.4 Å². The number of methoxy groups -OCH3 is 1. The molecule has 0 bridgehead atoms. The molecule has 9 heteroatoms. The SMILES string of the molecule is COc1cc(C(C)=O)ccc1OC(=O)c1cc(-c2ccccc2)n(-c2ccc(S(C)(=O)=O)cc2)n1. The molecule has 178 valence electrons. The summed E-state index contributed by atoms with van der Waals surface area (Å²) in [6.45, 7) is 1.43. The standard InChI is InChI=1S/C26H22N2O6S/c1-17(29)19-9-14-24(25(15-19)33-2)34-26(30)22-16-23(18-7-5-4-6-8-18)28(27-22)20-10-12-21(13-11-20)35(3,31)32/h4-16H,1-3H3. The van der Waals surface area contributed by atoms with Gasteiger partial charge in [0.2, 0.25) is 0 Å². The molecular formula is C26H22N2O6S. The lowest BCUT2D eigenvalue weighted by atomic mass is 10.1. The average molecular weight is 491 g/mol. The zero-order chi connectivity index (χ0) is 25.2. The molecule has 35 heavy (non-hydrogen) atoms. The maximum Gasteiger partial charge on any atom is 0.364 e. The van der Waals surface area contributed by atoms with Crippen molar-refractivity contribution in [3.8, 4) is 28.4 Å². The first-order chi connectivity index (χ1) is 16.7. The molecule has 1 heterocycles. The maximum atomic E-state index is 13.0. The van der Waals surface area contributed by atoms with E-state index in [1.165, 1.54) is 38.3 Å². The summed E-state index contributed by atoms with van der Waals surface area (Å²) in [6.07, 6.45) is 1.14. The van der Waals surface area contributed by atoms with Crippen molar-refractivity contribution in [1.29, 1.82) is 0 Å². The van der Waals surface area contributed by atoms with E-state index in [0.717, 1.165) is 11.8 Å². The Balaban J connectivity index is 1.73. The largest absolute Gasteiger partial charge is 0.493 e. The van der Waals surface area contributed by atoms with Gasteiger partial charge in [-0.1, -0.05) is 30.3 Å². The minimum atomic E-state index is -3.36. The Labute approximate surface area is 202 Å². The number of aromatic nitrogens is 2. The Morgan fingerprint density at radius 3 is 2.17 bits per heavy atom. The molecule has 0 aliphatic heterocycles. The monoisotopic (exact) mass is 490 g/mol. The van der Waals surface area contributed by atoms with Gasteiger partial charge in [0.15, 0.2) is 32.8 Å². The number of ketones is 1. The summed E-state index contributed by atoms with van der Waals surface area (Å²) in [5, 5.41) is 4.44. The topological polar surface area (TPSA) is 105 Å². The molecule has 0 saturated carbocycles. The van der Waals surface area contributed by atoms with Crippen LogP contribution in [0.5, 0.6) is 11.5 Å². The van der Waals surface area contributed by atoms with Crippen molar-refractivity contribution in [3.05, 3.63) is 90.1 Å². The minimum absolute atomic E-state index is 0.0359. The smallest absolute Gasteiger partial charge is 0.364 e. The highest BCUT2D eigenvalue weighted by atomic mass is 32.2. The van der Waals surface area contributed by atoms with Crippen LogP contribution in [0.3, 0.4) is 0 Å². The Hall–Kier alpha value is -4.24. The van der Waals surface area contributed by atoms with E-state index in [4.69, 9.17) is 9.47 Å². The average Bonchev–Trinajstić information content (AvgIpc) is 3.30. The highest BCUT2D eigenvalue weighted by Gasteiger charge is 2.21. The van der Waals surface area contributed by atoms with E-state index >= 15 is 0 Å². The summed E-state index contributed by atoms with van der Waals surface area (Å²) in [5.74, 6) is -0.474. The fraction of sp³-hybridized carbons (Fsp3) is 0.115. The zero-order valence-electron chi connectivity index (χ0n) is 19.3. The molecule has 8 nitrogen and oxygen atoms in total. The second kappa shape index (κ2) is 9.55. The molecule has 4 rings (SSSR count). The van der Waals surface area contributed by atoms with Crippen molar-refractivity contribution in [2.24, 2.45) is 0 Å². The third-order valence-corrected chi connectivity index (χ3v) is 6.40. The van der Waals surface area contributed by atoms with Gasteiger partial charge in [-0.3, -0.25) is 4.79 Å². The first kappa shape index (κ1) is 23.9. The first-order valence-electron chi connectivity index (χ1n) is 10.5. The lowest BCUT2D eigenvalue weighted by Crippen LogP contribution is -2.11. The second-order valence-corrected chi connectivity index (χ2v) is 9.79. The number of ether oxygens (including phenoxy) is 2. The number of hydrogen-bond donors (Lipinski definition) is 0. The predicted molar refractivity (Wildman–Crippen MR) is 130 cm³/mol. The normalized spacial score (nSPS) is 11.2. The molecule has 0 N–H and O–H groups in total. The molecule has 0 saturated heterocycles. The molecular weight excluding hydrogens is 468 g/mol. The third-order valence-electron chi connectivity index (χ3n) is 5.27. The van der Waals surface area contributed by atoms with Gasteiger partial charge in [-0.05, 0) is 55.5 Å². The van der Waals surface area contributed by atoms with E-state index in [9.17, 15) is 18.0 Å². The summed E-state index contributed by atoms with van der Waals surface area (Å²) in [6, 6.07) is 21.7. The van der Waals surface area contributed by atoms with Crippen molar-refractivity contribution >= 4 is 21.6 Å². The van der Waals surface area contributed by atoms with Crippen LogP contribution in [0, 0.1) is 0 Å². The Bertz CT molecular complexity index is 1510. The second-order valence-electron chi connectivity index (χ2n) is 7.77.